The second-order valence-corrected chi connectivity index (χ2v) is 7.36. The Kier molecular flexibility index (Phi) is 4.67. The van der Waals surface area contributed by atoms with Crippen molar-refractivity contribution in [3.8, 4) is 0 Å². The van der Waals surface area contributed by atoms with E-state index >= 15 is 0 Å². The van der Waals surface area contributed by atoms with E-state index in [1.807, 2.05) is 0 Å². The molecule has 5 nitrogen and oxygen atoms in total. The number of carbonyl (C=O) groups is 1. The normalized spacial score (nSPS) is 11.5. The van der Waals surface area contributed by atoms with Crippen molar-refractivity contribution in [1.82, 2.24) is 4.72 Å². The van der Waals surface area contributed by atoms with E-state index in [0.717, 1.165) is 11.3 Å². The van der Waals surface area contributed by atoms with Gasteiger partial charge in [0, 0.05) is 11.6 Å². The zero-order chi connectivity index (χ0) is 15.6. The van der Waals surface area contributed by atoms with Crippen LogP contribution in [-0.2, 0) is 16.6 Å². The van der Waals surface area contributed by atoms with E-state index in [2.05, 4.69) is 4.72 Å². The SMILES string of the molecule is Cc1csc(C(=O)O)c1S(=O)(=O)NCc1cccc(Cl)c1. The van der Waals surface area contributed by atoms with E-state index in [0.29, 0.717) is 16.1 Å². The summed E-state index contributed by atoms with van der Waals surface area (Å²) in [5.74, 6) is -1.25. The summed E-state index contributed by atoms with van der Waals surface area (Å²) in [5.41, 5.74) is 1.10. The summed E-state index contributed by atoms with van der Waals surface area (Å²) in [6.07, 6.45) is 0. The van der Waals surface area contributed by atoms with Crippen LogP contribution in [0.5, 0.6) is 0 Å². The molecule has 0 unspecified atom stereocenters. The number of carboxylic acids is 1. The molecule has 0 aliphatic rings. The Bertz CT molecular complexity index is 783. The molecule has 0 aliphatic carbocycles. The summed E-state index contributed by atoms with van der Waals surface area (Å²) < 4.78 is 27.0. The number of benzene rings is 1. The van der Waals surface area contributed by atoms with Gasteiger partial charge in [0.05, 0.1) is 0 Å². The molecular weight excluding hydrogens is 334 g/mol. The first-order valence-electron chi connectivity index (χ1n) is 5.87. The molecule has 8 heteroatoms. The summed E-state index contributed by atoms with van der Waals surface area (Å²) in [4.78, 5) is 10.7. The predicted molar refractivity (Wildman–Crippen MR) is 81.5 cm³/mol. The number of hydrogen-bond acceptors (Lipinski definition) is 4. The first-order chi connectivity index (χ1) is 9.81. The lowest BCUT2D eigenvalue weighted by molar-refractivity contribution is 0.0698. The van der Waals surface area contributed by atoms with Gasteiger partial charge >= 0.3 is 5.97 Å². The summed E-state index contributed by atoms with van der Waals surface area (Å²) in [6.45, 7) is 1.61. The van der Waals surface area contributed by atoms with Crippen molar-refractivity contribution in [2.45, 2.75) is 18.4 Å². The highest BCUT2D eigenvalue weighted by Gasteiger charge is 2.26. The minimum absolute atomic E-state index is 0.0389. The van der Waals surface area contributed by atoms with Crippen LogP contribution in [0.4, 0.5) is 0 Å². The second kappa shape index (κ2) is 6.15. The Morgan fingerprint density at radius 3 is 2.76 bits per heavy atom. The molecule has 0 aliphatic heterocycles. The van der Waals surface area contributed by atoms with E-state index in [4.69, 9.17) is 16.7 Å². The van der Waals surface area contributed by atoms with Gasteiger partial charge in [-0.15, -0.1) is 11.3 Å². The molecule has 0 fully saturated rings. The zero-order valence-electron chi connectivity index (χ0n) is 11.0. The average Bonchev–Trinajstić information content (AvgIpc) is 2.80. The molecule has 2 aromatic rings. The second-order valence-electron chi connectivity index (χ2n) is 4.34. The molecule has 2 rings (SSSR count). The Balaban J connectivity index is 2.27. The first kappa shape index (κ1) is 16.0. The highest BCUT2D eigenvalue weighted by molar-refractivity contribution is 7.89. The van der Waals surface area contributed by atoms with E-state index < -0.39 is 16.0 Å². The van der Waals surface area contributed by atoms with Gasteiger partial charge in [0.15, 0.2) is 0 Å². The molecule has 112 valence electrons. The number of aromatic carboxylic acids is 1. The fraction of sp³-hybridized carbons (Fsp3) is 0.154. The molecule has 1 aromatic heterocycles. The van der Waals surface area contributed by atoms with Crippen LogP contribution < -0.4 is 4.72 Å². The highest BCUT2D eigenvalue weighted by atomic mass is 35.5. The van der Waals surface area contributed by atoms with Crippen molar-refractivity contribution in [3.05, 3.63) is 50.7 Å². The number of carboxylic acid groups (broad SMARTS) is 1. The number of halogens is 1. The maximum absolute atomic E-state index is 12.3. The number of aryl methyl sites for hydroxylation is 1. The van der Waals surface area contributed by atoms with E-state index in [1.54, 1.807) is 31.2 Å². The van der Waals surface area contributed by atoms with E-state index in [1.165, 1.54) is 5.38 Å². The zero-order valence-corrected chi connectivity index (χ0v) is 13.3. The van der Waals surface area contributed by atoms with Crippen LogP contribution in [0.1, 0.15) is 20.8 Å². The van der Waals surface area contributed by atoms with Crippen molar-refractivity contribution in [1.29, 1.82) is 0 Å². The molecule has 0 saturated heterocycles. The molecule has 0 atom stereocenters. The Morgan fingerprint density at radius 1 is 1.43 bits per heavy atom. The minimum atomic E-state index is -3.90. The van der Waals surface area contributed by atoms with Crippen LogP contribution >= 0.6 is 22.9 Å². The number of hydrogen-bond donors (Lipinski definition) is 2. The van der Waals surface area contributed by atoms with Gasteiger partial charge < -0.3 is 5.11 Å². The Morgan fingerprint density at radius 2 is 2.14 bits per heavy atom. The minimum Gasteiger partial charge on any atom is -0.477 e. The van der Waals surface area contributed by atoms with Crippen LogP contribution in [0.2, 0.25) is 5.02 Å². The van der Waals surface area contributed by atoms with Gasteiger partial charge in [0.1, 0.15) is 9.77 Å². The van der Waals surface area contributed by atoms with Crippen LogP contribution in [0, 0.1) is 6.92 Å². The Labute approximate surface area is 131 Å². The molecule has 2 N–H and O–H groups in total. The molecule has 0 amide bonds. The number of rotatable bonds is 5. The monoisotopic (exact) mass is 345 g/mol. The first-order valence-corrected chi connectivity index (χ1v) is 8.61. The topological polar surface area (TPSA) is 83.5 Å². The largest absolute Gasteiger partial charge is 0.477 e. The van der Waals surface area contributed by atoms with Gasteiger partial charge in [0.2, 0.25) is 10.0 Å². The number of thiophene rings is 1. The van der Waals surface area contributed by atoms with Crippen molar-refractivity contribution in [3.63, 3.8) is 0 Å². The fourth-order valence-corrected chi connectivity index (χ4v) is 4.67. The molecule has 0 radical (unpaired) electrons. The van der Waals surface area contributed by atoms with Gasteiger partial charge in [0.25, 0.3) is 0 Å². The summed E-state index contributed by atoms with van der Waals surface area (Å²) in [7, 11) is -3.90. The van der Waals surface area contributed by atoms with Crippen molar-refractivity contribution in [2.24, 2.45) is 0 Å². The predicted octanol–water partition coefficient (Wildman–Crippen LogP) is 2.89. The van der Waals surface area contributed by atoms with E-state index in [9.17, 15) is 13.2 Å². The maximum Gasteiger partial charge on any atom is 0.347 e. The van der Waals surface area contributed by atoms with Crippen LogP contribution in [0.15, 0.2) is 34.5 Å². The van der Waals surface area contributed by atoms with E-state index in [-0.39, 0.29) is 16.3 Å². The van der Waals surface area contributed by atoms with Gasteiger partial charge in [-0.25, -0.2) is 17.9 Å². The fourth-order valence-electron chi connectivity index (χ4n) is 1.81. The summed E-state index contributed by atoms with van der Waals surface area (Å²) in [6, 6.07) is 6.77. The van der Waals surface area contributed by atoms with Gasteiger partial charge in [-0.2, -0.15) is 0 Å². The molecule has 1 heterocycles. The molecule has 0 saturated carbocycles. The molecule has 0 spiro atoms. The third kappa shape index (κ3) is 3.62. The average molecular weight is 346 g/mol. The Hall–Kier alpha value is -1.41. The quantitative estimate of drug-likeness (QED) is 0.872. The third-order valence-electron chi connectivity index (χ3n) is 2.74. The molecular formula is C13H12ClNO4S2. The standard InChI is InChI=1S/C13H12ClNO4S2/c1-8-7-20-11(13(16)17)12(8)21(18,19)15-6-9-3-2-4-10(14)5-9/h2-5,7,15H,6H2,1H3,(H,16,17). The van der Waals surface area contributed by atoms with Crippen LogP contribution in [0.3, 0.4) is 0 Å². The molecule has 21 heavy (non-hydrogen) atoms. The third-order valence-corrected chi connectivity index (χ3v) is 5.77. The van der Waals surface area contributed by atoms with Gasteiger partial charge in [-0.05, 0) is 35.6 Å². The maximum atomic E-state index is 12.3. The lowest BCUT2D eigenvalue weighted by Crippen LogP contribution is -2.25. The number of sulfonamides is 1. The van der Waals surface area contributed by atoms with Crippen molar-refractivity contribution >= 4 is 38.9 Å². The van der Waals surface area contributed by atoms with Crippen molar-refractivity contribution in [2.75, 3.05) is 0 Å². The van der Waals surface area contributed by atoms with Gasteiger partial charge in [-0.1, -0.05) is 23.7 Å². The summed E-state index contributed by atoms with van der Waals surface area (Å²) in [5, 5.41) is 11.1. The molecule has 1 aromatic carbocycles. The van der Waals surface area contributed by atoms with Crippen LogP contribution in [0.25, 0.3) is 0 Å². The highest BCUT2D eigenvalue weighted by Crippen LogP contribution is 2.27. The summed E-state index contributed by atoms with van der Waals surface area (Å²) >= 11 is 6.73. The van der Waals surface area contributed by atoms with Crippen molar-refractivity contribution < 1.29 is 18.3 Å². The molecule has 0 bridgehead atoms. The lowest BCUT2D eigenvalue weighted by atomic mass is 10.2. The smallest absolute Gasteiger partial charge is 0.347 e. The number of nitrogens with one attached hydrogen (secondary N) is 1. The van der Waals surface area contributed by atoms with Gasteiger partial charge in [-0.3, -0.25) is 0 Å². The lowest BCUT2D eigenvalue weighted by Gasteiger charge is -2.08. The van der Waals surface area contributed by atoms with Crippen LogP contribution in [-0.4, -0.2) is 19.5 Å².